The maximum atomic E-state index is 9.64. The smallest absolute Gasteiger partial charge is 0.115 e. The zero-order chi connectivity index (χ0) is 16.2. The number of rotatable bonds is 4. The molecule has 1 aliphatic rings. The summed E-state index contributed by atoms with van der Waals surface area (Å²) in [5, 5.41) is 16.5. The Hall–Kier alpha value is -2.81. The topological polar surface area (TPSA) is 44.6 Å². The maximum Gasteiger partial charge on any atom is 0.115 e. The summed E-state index contributed by atoms with van der Waals surface area (Å²) in [6.07, 6.45) is 7.59. The van der Waals surface area contributed by atoms with E-state index in [0.29, 0.717) is 0 Å². The lowest BCUT2D eigenvalue weighted by Crippen LogP contribution is -2.19. The molecule has 0 spiro atoms. The fourth-order valence-electron chi connectivity index (χ4n) is 3.03. The van der Waals surface area contributed by atoms with Gasteiger partial charge in [0.25, 0.3) is 0 Å². The van der Waals surface area contributed by atoms with Crippen LogP contribution in [-0.4, -0.2) is 10.8 Å². The van der Waals surface area contributed by atoms with Crippen LogP contribution >= 0.6 is 0 Å². The highest BCUT2D eigenvalue weighted by Crippen LogP contribution is 2.29. The minimum absolute atomic E-state index is 0.215. The van der Waals surface area contributed by atoms with E-state index in [1.165, 1.54) is 27.5 Å². The molecule has 23 heavy (non-hydrogen) atoms. The van der Waals surface area contributed by atoms with Gasteiger partial charge in [0.1, 0.15) is 5.76 Å². The number of fused-ring (bicyclic) bond motifs is 3. The Bertz CT molecular complexity index is 844. The summed E-state index contributed by atoms with van der Waals surface area (Å²) < 4.78 is 0. The summed E-state index contributed by atoms with van der Waals surface area (Å²) in [5.74, 6) is 0.215. The second-order valence-corrected chi connectivity index (χ2v) is 5.58. The van der Waals surface area contributed by atoms with Crippen LogP contribution in [-0.2, 0) is 13.0 Å². The highest BCUT2D eigenvalue weighted by Gasteiger charge is 2.16. The second kappa shape index (κ2) is 6.53. The molecule has 2 aromatic carbocycles. The van der Waals surface area contributed by atoms with Gasteiger partial charge in [-0.25, -0.2) is 0 Å². The highest BCUT2D eigenvalue weighted by atomic mass is 16.3. The monoisotopic (exact) mass is 304 g/mol. The summed E-state index contributed by atoms with van der Waals surface area (Å²) in [5.41, 5.74) is 7.86. The number of nitrogens with zero attached hydrogens (tertiary/aromatic N) is 1. The SMILES string of the molecule is C=C/C=C(O)\C=C/Cc1cc2c(c3ccccc13)C(C)=NNC2. The highest BCUT2D eigenvalue weighted by molar-refractivity contribution is 6.12. The number of aliphatic hydroxyl groups excluding tert-OH is 1. The molecule has 1 aliphatic heterocycles. The lowest BCUT2D eigenvalue weighted by Gasteiger charge is -2.20. The first-order valence-electron chi connectivity index (χ1n) is 7.70. The predicted octanol–water partition coefficient (Wildman–Crippen LogP) is 4.39. The lowest BCUT2D eigenvalue weighted by molar-refractivity contribution is 0.432. The summed E-state index contributed by atoms with van der Waals surface area (Å²) in [6, 6.07) is 10.7. The molecule has 3 rings (SSSR count). The minimum Gasteiger partial charge on any atom is -0.508 e. The van der Waals surface area contributed by atoms with Gasteiger partial charge in [-0.05, 0) is 47.4 Å². The third kappa shape index (κ3) is 3.04. The number of allylic oxidation sites excluding steroid dienone is 4. The van der Waals surface area contributed by atoms with E-state index in [1.54, 1.807) is 18.2 Å². The molecule has 0 saturated carbocycles. The van der Waals surface area contributed by atoms with Crippen LogP contribution in [0.4, 0.5) is 0 Å². The van der Waals surface area contributed by atoms with Crippen LogP contribution in [0.15, 0.2) is 72.1 Å². The van der Waals surface area contributed by atoms with Crippen molar-refractivity contribution in [2.24, 2.45) is 5.10 Å². The van der Waals surface area contributed by atoms with Gasteiger partial charge in [0.15, 0.2) is 0 Å². The van der Waals surface area contributed by atoms with E-state index in [4.69, 9.17) is 0 Å². The fourth-order valence-corrected chi connectivity index (χ4v) is 3.03. The van der Waals surface area contributed by atoms with Gasteiger partial charge in [-0.1, -0.05) is 49.1 Å². The van der Waals surface area contributed by atoms with Crippen molar-refractivity contribution in [3.8, 4) is 0 Å². The average molecular weight is 304 g/mol. The third-order valence-corrected chi connectivity index (χ3v) is 4.00. The summed E-state index contributed by atoms with van der Waals surface area (Å²) in [6.45, 7) is 6.36. The van der Waals surface area contributed by atoms with Crippen LogP contribution in [0, 0.1) is 0 Å². The van der Waals surface area contributed by atoms with Crippen LogP contribution in [0.1, 0.15) is 23.6 Å². The Balaban J connectivity index is 2.05. The van der Waals surface area contributed by atoms with Crippen molar-refractivity contribution in [3.05, 3.63) is 83.7 Å². The Morgan fingerprint density at radius 3 is 2.91 bits per heavy atom. The Labute approximate surface area is 136 Å². The molecule has 3 heteroatoms. The predicted molar refractivity (Wildman–Crippen MR) is 96.8 cm³/mol. The van der Waals surface area contributed by atoms with Gasteiger partial charge < -0.3 is 10.5 Å². The Morgan fingerprint density at radius 1 is 1.35 bits per heavy atom. The molecule has 3 nitrogen and oxygen atoms in total. The fraction of sp³-hybridized carbons (Fsp3) is 0.150. The first-order chi connectivity index (χ1) is 11.2. The first-order valence-corrected chi connectivity index (χ1v) is 7.70. The normalized spacial score (nSPS) is 14.5. The van der Waals surface area contributed by atoms with Crippen molar-refractivity contribution >= 4 is 16.5 Å². The molecule has 116 valence electrons. The van der Waals surface area contributed by atoms with Gasteiger partial charge in [0, 0.05) is 5.56 Å². The van der Waals surface area contributed by atoms with Crippen molar-refractivity contribution in [1.82, 2.24) is 5.43 Å². The van der Waals surface area contributed by atoms with Crippen LogP contribution in [0.3, 0.4) is 0 Å². The summed E-state index contributed by atoms with van der Waals surface area (Å²) in [7, 11) is 0. The standard InChI is InChI=1S/C20H20N2O/c1-3-7-17(23)9-6-8-15-12-16-13-21-22-14(2)20(16)19-11-5-4-10-18(15)19/h3-7,9-12,21,23H,1,8,13H2,2H3/b9-6-,17-7+. The number of benzene rings is 2. The Kier molecular flexibility index (Phi) is 4.29. The molecule has 0 atom stereocenters. The number of nitrogens with one attached hydrogen (secondary N) is 1. The molecule has 0 bridgehead atoms. The van der Waals surface area contributed by atoms with Crippen molar-refractivity contribution in [2.75, 3.05) is 0 Å². The second-order valence-electron chi connectivity index (χ2n) is 5.58. The number of hydrazone groups is 1. The van der Waals surface area contributed by atoms with Gasteiger partial charge in [0.05, 0.1) is 12.3 Å². The van der Waals surface area contributed by atoms with Crippen molar-refractivity contribution in [2.45, 2.75) is 19.9 Å². The van der Waals surface area contributed by atoms with E-state index in [-0.39, 0.29) is 5.76 Å². The van der Waals surface area contributed by atoms with Gasteiger partial charge in [-0.3, -0.25) is 0 Å². The van der Waals surface area contributed by atoms with E-state index in [1.807, 2.05) is 13.0 Å². The Morgan fingerprint density at radius 2 is 2.13 bits per heavy atom. The van der Waals surface area contributed by atoms with Gasteiger partial charge in [-0.2, -0.15) is 5.10 Å². The maximum absolute atomic E-state index is 9.64. The largest absolute Gasteiger partial charge is 0.508 e. The van der Waals surface area contributed by atoms with Crippen LogP contribution < -0.4 is 5.43 Å². The van der Waals surface area contributed by atoms with Gasteiger partial charge in [-0.15, -0.1) is 0 Å². The molecule has 0 aliphatic carbocycles. The summed E-state index contributed by atoms with van der Waals surface area (Å²) >= 11 is 0. The molecule has 2 aromatic rings. The first kappa shape index (κ1) is 15.1. The number of hydrogen-bond acceptors (Lipinski definition) is 3. The number of hydrogen-bond donors (Lipinski definition) is 2. The molecule has 0 unspecified atom stereocenters. The van der Waals surface area contributed by atoms with Gasteiger partial charge >= 0.3 is 0 Å². The van der Waals surface area contributed by atoms with Crippen molar-refractivity contribution in [1.29, 1.82) is 0 Å². The van der Waals surface area contributed by atoms with E-state index in [9.17, 15) is 5.11 Å². The zero-order valence-corrected chi connectivity index (χ0v) is 13.2. The summed E-state index contributed by atoms with van der Waals surface area (Å²) in [4.78, 5) is 0. The molecule has 0 amide bonds. The quantitative estimate of drug-likeness (QED) is 0.650. The van der Waals surface area contributed by atoms with E-state index >= 15 is 0 Å². The third-order valence-electron chi connectivity index (χ3n) is 4.00. The molecular formula is C20H20N2O. The van der Waals surface area contributed by atoms with Crippen molar-refractivity contribution in [3.63, 3.8) is 0 Å². The molecule has 1 heterocycles. The zero-order valence-electron chi connectivity index (χ0n) is 13.2. The molecule has 0 saturated heterocycles. The lowest BCUT2D eigenvalue weighted by atomic mass is 9.90. The van der Waals surface area contributed by atoms with Crippen LogP contribution in [0.25, 0.3) is 10.8 Å². The molecule has 0 radical (unpaired) electrons. The average Bonchev–Trinajstić information content (AvgIpc) is 2.55. The van der Waals surface area contributed by atoms with Gasteiger partial charge in [0.2, 0.25) is 0 Å². The van der Waals surface area contributed by atoms with Crippen LogP contribution in [0.5, 0.6) is 0 Å². The van der Waals surface area contributed by atoms with E-state index in [0.717, 1.165) is 18.7 Å². The molecule has 2 N–H and O–H groups in total. The van der Waals surface area contributed by atoms with Crippen molar-refractivity contribution < 1.29 is 5.11 Å². The molecule has 0 aromatic heterocycles. The van der Waals surface area contributed by atoms with Crippen LogP contribution in [0.2, 0.25) is 0 Å². The van der Waals surface area contributed by atoms with E-state index in [2.05, 4.69) is 47.4 Å². The minimum atomic E-state index is 0.215. The molecule has 0 fully saturated rings. The number of aliphatic hydroxyl groups is 1. The van der Waals surface area contributed by atoms with E-state index < -0.39 is 0 Å². The molecular weight excluding hydrogens is 284 g/mol.